The standard InChI is InChI=1S/C15H22N2O3.ClH/c1-19-11-5-6-13(20-2)12(9-11)14(18)17-15(10-16)7-3-4-8-15;/h5-6,9H,3-4,7-8,10,16H2,1-2H3,(H,17,18);1H. The molecule has 0 unspecified atom stereocenters. The Morgan fingerprint density at radius 1 is 1.29 bits per heavy atom. The van der Waals surface area contributed by atoms with Gasteiger partial charge >= 0.3 is 0 Å². The third-order valence-corrected chi connectivity index (χ3v) is 3.98. The number of carbonyl (C=O) groups excluding carboxylic acids is 1. The number of carbonyl (C=O) groups is 1. The maximum absolute atomic E-state index is 12.5. The van der Waals surface area contributed by atoms with Gasteiger partial charge in [-0.05, 0) is 31.0 Å². The van der Waals surface area contributed by atoms with Crippen molar-refractivity contribution in [3.8, 4) is 11.5 Å². The van der Waals surface area contributed by atoms with E-state index in [0.717, 1.165) is 25.7 Å². The van der Waals surface area contributed by atoms with Crippen LogP contribution in [0.4, 0.5) is 0 Å². The summed E-state index contributed by atoms with van der Waals surface area (Å²) in [5, 5.41) is 3.08. The fraction of sp³-hybridized carbons (Fsp3) is 0.533. The van der Waals surface area contributed by atoms with Crippen LogP contribution < -0.4 is 20.5 Å². The molecular formula is C15H23ClN2O3. The predicted molar refractivity (Wildman–Crippen MR) is 84.5 cm³/mol. The van der Waals surface area contributed by atoms with Gasteiger partial charge in [0.05, 0.1) is 25.3 Å². The summed E-state index contributed by atoms with van der Waals surface area (Å²) in [4.78, 5) is 12.5. The molecule has 2 rings (SSSR count). The van der Waals surface area contributed by atoms with Gasteiger partial charge in [-0.3, -0.25) is 4.79 Å². The Hall–Kier alpha value is -1.46. The van der Waals surface area contributed by atoms with Crippen LogP contribution in [0, 0.1) is 0 Å². The first kappa shape index (κ1) is 17.6. The number of nitrogens with one attached hydrogen (secondary N) is 1. The molecular weight excluding hydrogens is 292 g/mol. The second-order valence-electron chi connectivity index (χ2n) is 5.21. The normalized spacial score (nSPS) is 16.0. The molecule has 1 amide bonds. The smallest absolute Gasteiger partial charge is 0.255 e. The molecule has 0 atom stereocenters. The Morgan fingerprint density at radius 3 is 2.48 bits per heavy atom. The minimum absolute atomic E-state index is 0. The van der Waals surface area contributed by atoms with E-state index < -0.39 is 0 Å². The van der Waals surface area contributed by atoms with Crippen molar-refractivity contribution in [2.45, 2.75) is 31.2 Å². The molecule has 0 radical (unpaired) electrons. The topological polar surface area (TPSA) is 73.6 Å². The molecule has 1 aromatic rings. The monoisotopic (exact) mass is 314 g/mol. The number of benzene rings is 1. The molecule has 6 heteroatoms. The number of halogens is 1. The summed E-state index contributed by atoms with van der Waals surface area (Å²) in [5.74, 6) is 1.01. The van der Waals surface area contributed by atoms with Crippen molar-refractivity contribution in [3.05, 3.63) is 23.8 Å². The van der Waals surface area contributed by atoms with Crippen LogP contribution in [0.1, 0.15) is 36.0 Å². The van der Waals surface area contributed by atoms with Crippen molar-refractivity contribution in [1.29, 1.82) is 0 Å². The van der Waals surface area contributed by atoms with Crippen molar-refractivity contribution in [2.75, 3.05) is 20.8 Å². The Labute approximate surface area is 131 Å². The Morgan fingerprint density at radius 2 is 1.95 bits per heavy atom. The third kappa shape index (κ3) is 3.80. The third-order valence-electron chi connectivity index (χ3n) is 3.98. The lowest BCUT2D eigenvalue weighted by Gasteiger charge is -2.29. The molecule has 5 nitrogen and oxygen atoms in total. The molecule has 118 valence electrons. The predicted octanol–water partition coefficient (Wildman–Crippen LogP) is 2.13. The summed E-state index contributed by atoms with van der Waals surface area (Å²) in [7, 11) is 3.12. The zero-order chi connectivity index (χ0) is 14.6. The Kier molecular flexibility index (Phi) is 6.30. The van der Waals surface area contributed by atoms with Crippen molar-refractivity contribution >= 4 is 18.3 Å². The number of hydrogen-bond acceptors (Lipinski definition) is 4. The molecule has 0 heterocycles. The summed E-state index contributed by atoms with van der Waals surface area (Å²) in [6.07, 6.45) is 4.07. The SMILES string of the molecule is COc1ccc(OC)c(C(=O)NC2(CN)CCCC2)c1.Cl. The van der Waals surface area contributed by atoms with Crippen LogP contribution >= 0.6 is 12.4 Å². The van der Waals surface area contributed by atoms with E-state index in [2.05, 4.69) is 5.32 Å². The van der Waals surface area contributed by atoms with Crippen molar-refractivity contribution < 1.29 is 14.3 Å². The average molecular weight is 315 g/mol. The minimum atomic E-state index is -0.273. The first-order valence-corrected chi connectivity index (χ1v) is 6.89. The van der Waals surface area contributed by atoms with Gasteiger partial charge in [0, 0.05) is 6.54 Å². The van der Waals surface area contributed by atoms with Gasteiger partial charge in [-0.1, -0.05) is 12.8 Å². The molecule has 0 aliphatic heterocycles. The highest BCUT2D eigenvalue weighted by Crippen LogP contribution is 2.30. The van der Waals surface area contributed by atoms with Crippen molar-refractivity contribution in [3.63, 3.8) is 0 Å². The highest BCUT2D eigenvalue weighted by molar-refractivity contribution is 5.97. The molecule has 0 aromatic heterocycles. The fourth-order valence-electron chi connectivity index (χ4n) is 2.73. The largest absolute Gasteiger partial charge is 0.497 e. The van der Waals surface area contributed by atoms with Gasteiger partial charge in [0.2, 0.25) is 0 Å². The highest BCUT2D eigenvalue weighted by Gasteiger charge is 2.34. The van der Waals surface area contributed by atoms with Crippen LogP contribution in [-0.4, -0.2) is 32.2 Å². The van der Waals surface area contributed by atoms with Crippen molar-refractivity contribution in [1.82, 2.24) is 5.32 Å². The maximum atomic E-state index is 12.5. The van der Waals surface area contributed by atoms with E-state index >= 15 is 0 Å². The van der Waals surface area contributed by atoms with E-state index in [4.69, 9.17) is 15.2 Å². The summed E-state index contributed by atoms with van der Waals surface area (Å²) in [6, 6.07) is 5.19. The molecule has 0 saturated heterocycles. The van der Waals surface area contributed by atoms with Crippen LogP contribution in [0.25, 0.3) is 0 Å². The number of methoxy groups -OCH3 is 2. The molecule has 1 saturated carbocycles. The minimum Gasteiger partial charge on any atom is -0.497 e. The number of amides is 1. The molecule has 3 N–H and O–H groups in total. The zero-order valence-electron chi connectivity index (χ0n) is 12.5. The number of hydrogen-bond donors (Lipinski definition) is 2. The number of rotatable bonds is 5. The Balaban J connectivity index is 0.00000220. The number of nitrogens with two attached hydrogens (primary N) is 1. The molecule has 1 aliphatic rings. The average Bonchev–Trinajstić information content (AvgIpc) is 2.95. The van der Waals surface area contributed by atoms with E-state index in [9.17, 15) is 4.79 Å². The summed E-state index contributed by atoms with van der Waals surface area (Å²) in [5.41, 5.74) is 6.06. The maximum Gasteiger partial charge on any atom is 0.255 e. The van der Waals surface area contributed by atoms with Gasteiger partial charge < -0.3 is 20.5 Å². The molecule has 0 spiro atoms. The molecule has 21 heavy (non-hydrogen) atoms. The van der Waals surface area contributed by atoms with Crippen LogP contribution in [-0.2, 0) is 0 Å². The second-order valence-corrected chi connectivity index (χ2v) is 5.21. The first-order chi connectivity index (χ1) is 9.64. The van der Waals surface area contributed by atoms with Crippen molar-refractivity contribution in [2.24, 2.45) is 5.73 Å². The summed E-state index contributed by atoms with van der Waals surface area (Å²) < 4.78 is 10.4. The van der Waals surface area contributed by atoms with Crippen LogP contribution in [0.15, 0.2) is 18.2 Å². The lowest BCUT2D eigenvalue weighted by atomic mass is 9.97. The van der Waals surface area contributed by atoms with Gasteiger partial charge in [-0.2, -0.15) is 0 Å². The summed E-state index contributed by atoms with van der Waals surface area (Å²) >= 11 is 0. The molecule has 0 bridgehead atoms. The van der Waals surface area contributed by atoms with E-state index in [0.29, 0.717) is 23.6 Å². The summed E-state index contributed by atoms with van der Waals surface area (Å²) in [6.45, 7) is 0.463. The van der Waals surface area contributed by atoms with Gasteiger partial charge in [0.15, 0.2) is 0 Å². The highest BCUT2D eigenvalue weighted by atomic mass is 35.5. The van der Waals surface area contributed by atoms with Crippen LogP contribution in [0.5, 0.6) is 11.5 Å². The van der Waals surface area contributed by atoms with Gasteiger partial charge in [-0.25, -0.2) is 0 Å². The molecule has 1 aromatic carbocycles. The quantitative estimate of drug-likeness (QED) is 0.873. The lowest BCUT2D eigenvalue weighted by Crippen LogP contribution is -2.51. The van der Waals surface area contributed by atoms with E-state index in [1.165, 1.54) is 0 Å². The van der Waals surface area contributed by atoms with E-state index in [1.807, 2.05) is 0 Å². The van der Waals surface area contributed by atoms with Crippen LogP contribution in [0.3, 0.4) is 0 Å². The van der Waals surface area contributed by atoms with Crippen LogP contribution in [0.2, 0.25) is 0 Å². The van der Waals surface area contributed by atoms with E-state index in [-0.39, 0.29) is 23.9 Å². The van der Waals surface area contributed by atoms with Gasteiger partial charge in [0.25, 0.3) is 5.91 Å². The lowest BCUT2D eigenvalue weighted by molar-refractivity contribution is 0.0899. The van der Waals surface area contributed by atoms with Gasteiger partial charge in [0.1, 0.15) is 11.5 Å². The van der Waals surface area contributed by atoms with E-state index in [1.54, 1.807) is 32.4 Å². The molecule has 1 aliphatic carbocycles. The zero-order valence-corrected chi connectivity index (χ0v) is 13.3. The second kappa shape index (κ2) is 7.52. The first-order valence-electron chi connectivity index (χ1n) is 6.89. The number of ether oxygens (including phenoxy) is 2. The molecule has 1 fully saturated rings. The fourth-order valence-corrected chi connectivity index (χ4v) is 2.73. The Bertz CT molecular complexity index is 488. The van der Waals surface area contributed by atoms with Gasteiger partial charge in [-0.15, -0.1) is 12.4 Å².